The van der Waals surface area contributed by atoms with Crippen molar-refractivity contribution in [3.05, 3.63) is 66.1 Å². The summed E-state index contributed by atoms with van der Waals surface area (Å²) in [5, 5.41) is 8.18. The van der Waals surface area contributed by atoms with Crippen LogP contribution in [0, 0.1) is 0 Å². The molecule has 0 bridgehead atoms. The zero-order valence-electron chi connectivity index (χ0n) is 16.8. The maximum Gasteiger partial charge on any atom is 0.286 e. The van der Waals surface area contributed by atoms with Gasteiger partial charge in [0.25, 0.3) is 5.65 Å². The number of hydrogen-bond acceptors (Lipinski definition) is 3. The molecule has 1 saturated heterocycles. The van der Waals surface area contributed by atoms with Gasteiger partial charge in [-0.3, -0.25) is 0 Å². The number of nitrogens with two attached hydrogens (primary N) is 1. The fourth-order valence-corrected chi connectivity index (χ4v) is 3.34. The first-order valence-corrected chi connectivity index (χ1v) is 9.49. The number of halogens is 2. The number of aromatic nitrogens is 2. The lowest BCUT2D eigenvalue weighted by Crippen LogP contribution is -3.00. The van der Waals surface area contributed by atoms with Crippen LogP contribution in [0.4, 0.5) is 0 Å². The van der Waals surface area contributed by atoms with Gasteiger partial charge >= 0.3 is 0 Å². The van der Waals surface area contributed by atoms with Crippen LogP contribution in [0.3, 0.4) is 0 Å². The van der Waals surface area contributed by atoms with E-state index in [1.54, 1.807) is 6.21 Å². The first-order valence-electron chi connectivity index (χ1n) is 9.49. The molecule has 0 atom stereocenters. The number of imidazole rings is 1. The monoisotopic (exact) mass is 536 g/mol. The standard InChI is InChI=1S/C21H25N6O.2BrH/c1-25-18(15-27-13-3-2-6-20(25)27)16-28-19-9-7-17(8-10-19)14-23-24-21(22)26-11-4-5-12-26;;/h2-3,6-10,13-15H,4-5,11-12,16H2,1H3,(H2,22,24);2*1H/q+1;;/p-1/b23-14+;;. The molecule has 0 spiro atoms. The highest BCUT2D eigenvalue weighted by Gasteiger charge is 2.14. The molecule has 0 unspecified atom stereocenters. The lowest BCUT2D eigenvalue weighted by atomic mass is 10.2. The van der Waals surface area contributed by atoms with Crippen LogP contribution >= 0.6 is 17.0 Å². The number of aryl methyl sites for hydroxylation is 1. The Labute approximate surface area is 197 Å². The quantitative estimate of drug-likeness (QED) is 0.210. The number of ether oxygens (including phenoxy) is 1. The fraction of sp³-hybridized carbons (Fsp3) is 0.286. The number of hydrogen-bond donors (Lipinski definition) is 1. The van der Waals surface area contributed by atoms with Crippen molar-refractivity contribution in [2.24, 2.45) is 23.0 Å². The fourth-order valence-electron chi connectivity index (χ4n) is 3.34. The molecule has 2 N–H and O–H groups in total. The van der Waals surface area contributed by atoms with Crippen LogP contribution in [0.2, 0.25) is 0 Å². The van der Waals surface area contributed by atoms with Gasteiger partial charge in [0.15, 0.2) is 12.3 Å². The van der Waals surface area contributed by atoms with Crippen LogP contribution in [-0.2, 0) is 13.7 Å². The number of likely N-dealkylation sites (tertiary alicyclic amines) is 1. The summed E-state index contributed by atoms with van der Waals surface area (Å²) in [5.74, 6) is 1.30. The second kappa shape index (κ2) is 11.1. The first kappa shape index (κ1) is 23.9. The minimum Gasteiger partial charge on any atom is -1.00 e. The molecule has 2 aromatic heterocycles. The van der Waals surface area contributed by atoms with Crippen molar-refractivity contribution in [2.75, 3.05) is 13.1 Å². The number of nitrogens with zero attached hydrogens (tertiary/aromatic N) is 5. The number of benzene rings is 1. The Kier molecular flexibility index (Phi) is 8.86. The molecule has 0 amide bonds. The second-order valence-corrected chi connectivity index (χ2v) is 6.90. The molecule has 0 saturated carbocycles. The van der Waals surface area contributed by atoms with Crippen molar-refractivity contribution in [3.63, 3.8) is 0 Å². The van der Waals surface area contributed by atoms with Crippen LogP contribution in [0.15, 0.2) is 65.1 Å². The van der Waals surface area contributed by atoms with E-state index in [2.05, 4.69) is 36.3 Å². The molecule has 7 nitrogen and oxygen atoms in total. The molecular formula is C21H26Br2N6O. The topological polar surface area (TPSA) is 72.2 Å². The minimum atomic E-state index is 0. The molecule has 1 aliphatic rings. The molecule has 1 aliphatic heterocycles. The van der Waals surface area contributed by atoms with Gasteiger partial charge in [-0.15, -0.1) is 22.1 Å². The predicted molar refractivity (Wildman–Crippen MR) is 120 cm³/mol. The summed E-state index contributed by atoms with van der Waals surface area (Å²) < 4.78 is 10.2. The molecule has 1 aromatic carbocycles. The van der Waals surface area contributed by atoms with Crippen molar-refractivity contribution in [1.82, 2.24) is 9.47 Å². The van der Waals surface area contributed by atoms with Gasteiger partial charge in [-0.25, -0.2) is 8.97 Å². The van der Waals surface area contributed by atoms with E-state index in [1.807, 2.05) is 49.6 Å². The van der Waals surface area contributed by atoms with Gasteiger partial charge in [0.2, 0.25) is 5.96 Å². The third-order valence-corrected chi connectivity index (χ3v) is 4.99. The Bertz CT molecular complexity index is 1010. The van der Waals surface area contributed by atoms with E-state index in [0.29, 0.717) is 12.6 Å². The zero-order valence-corrected chi connectivity index (χ0v) is 20.1. The van der Waals surface area contributed by atoms with E-state index >= 15 is 0 Å². The number of rotatable bonds is 5. The predicted octanol–water partition coefficient (Wildman–Crippen LogP) is -0.331. The largest absolute Gasteiger partial charge is 1.00 e. The molecule has 0 radical (unpaired) electrons. The van der Waals surface area contributed by atoms with Gasteiger partial charge < -0.3 is 32.4 Å². The zero-order chi connectivity index (χ0) is 19.3. The number of guanidine groups is 1. The molecule has 3 heterocycles. The lowest BCUT2D eigenvalue weighted by Gasteiger charge is -2.13. The van der Waals surface area contributed by atoms with Crippen LogP contribution in [-0.4, -0.2) is 34.7 Å². The highest BCUT2D eigenvalue weighted by molar-refractivity contribution is 8.93. The van der Waals surface area contributed by atoms with Gasteiger partial charge in [0.05, 0.1) is 19.5 Å². The summed E-state index contributed by atoms with van der Waals surface area (Å²) in [4.78, 5) is 2.06. The third-order valence-electron chi connectivity index (χ3n) is 4.99. The van der Waals surface area contributed by atoms with E-state index in [-0.39, 0.29) is 34.0 Å². The summed E-state index contributed by atoms with van der Waals surface area (Å²) in [5.41, 5.74) is 9.12. The summed E-state index contributed by atoms with van der Waals surface area (Å²) in [6, 6.07) is 13.9. The highest BCUT2D eigenvalue weighted by atomic mass is 79.9. The molecule has 1 fully saturated rings. The second-order valence-electron chi connectivity index (χ2n) is 6.90. The molecule has 9 heteroatoms. The maximum atomic E-state index is 5.94. The Morgan fingerprint density at radius 3 is 2.60 bits per heavy atom. The third kappa shape index (κ3) is 5.60. The average molecular weight is 538 g/mol. The van der Waals surface area contributed by atoms with Crippen LogP contribution in [0.25, 0.3) is 5.65 Å². The summed E-state index contributed by atoms with van der Waals surface area (Å²) in [6.45, 7) is 2.43. The van der Waals surface area contributed by atoms with E-state index in [4.69, 9.17) is 10.5 Å². The molecule has 30 heavy (non-hydrogen) atoms. The van der Waals surface area contributed by atoms with Crippen molar-refractivity contribution in [2.45, 2.75) is 19.4 Å². The first-order chi connectivity index (χ1) is 13.7. The Hall–Kier alpha value is -2.39. The van der Waals surface area contributed by atoms with Crippen LogP contribution < -0.4 is 31.9 Å². The van der Waals surface area contributed by atoms with Crippen LogP contribution in [0.1, 0.15) is 24.1 Å². The van der Waals surface area contributed by atoms with Gasteiger partial charge in [0.1, 0.15) is 11.9 Å². The minimum absolute atomic E-state index is 0. The summed E-state index contributed by atoms with van der Waals surface area (Å²) >= 11 is 0. The van der Waals surface area contributed by atoms with E-state index < -0.39 is 0 Å². The molecule has 0 aliphatic carbocycles. The summed E-state index contributed by atoms with van der Waals surface area (Å²) in [6.07, 6.45) is 8.15. The summed E-state index contributed by atoms with van der Waals surface area (Å²) in [7, 11) is 2.04. The molecular weight excluding hydrogens is 512 g/mol. The average Bonchev–Trinajstić information content (AvgIpc) is 3.36. The Morgan fingerprint density at radius 2 is 1.90 bits per heavy atom. The molecule has 3 aromatic rings. The molecule has 4 rings (SSSR count). The Morgan fingerprint density at radius 1 is 1.17 bits per heavy atom. The van der Waals surface area contributed by atoms with Crippen molar-refractivity contribution in [3.8, 4) is 5.75 Å². The van der Waals surface area contributed by atoms with Gasteiger partial charge in [-0.2, -0.15) is 5.10 Å². The van der Waals surface area contributed by atoms with Gasteiger partial charge in [-0.05, 0) is 48.7 Å². The highest BCUT2D eigenvalue weighted by Crippen LogP contribution is 2.14. The van der Waals surface area contributed by atoms with E-state index in [0.717, 1.165) is 35.7 Å². The van der Waals surface area contributed by atoms with Gasteiger partial charge in [0, 0.05) is 19.2 Å². The maximum absolute atomic E-state index is 5.94. The number of fused-ring (bicyclic) bond motifs is 1. The Balaban J connectivity index is 0.00000160. The van der Waals surface area contributed by atoms with E-state index in [9.17, 15) is 0 Å². The van der Waals surface area contributed by atoms with Crippen molar-refractivity contribution < 1.29 is 26.1 Å². The van der Waals surface area contributed by atoms with Crippen LogP contribution in [0.5, 0.6) is 5.75 Å². The lowest BCUT2D eigenvalue weighted by molar-refractivity contribution is -0.511. The normalized spacial score (nSPS) is 14.0. The van der Waals surface area contributed by atoms with E-state index in [1.165, 1.54) is 12.8 Å². The smallest absolute Gasteiger partial charge is 0.286 e. The SMILES string of the molecule is Br.Cn1c(COc2ccc(/C=N/N=C(N)N3CCCC3)cc2)c[n+]2ccccc12.[Br-]. The number of pyridine rings is 1. The van der Waals surface area contributed by atoms with Gasteiger partial charge in [-0.1, -0.05) is 6.07 Å². The van der Waals surface area contributed by atoms with Crippen molar-refractivity contribution >= 4 is 34.8 Å². The van der Waals surface area contributed by atoms with Crippen molar-refractivity contribution in [1.29, 1.82) is 0 Å². The molecule has 160 valence electrons.